The van der Waals surface area contributed by atoms with Crippen LogP contribution in [0.15, 0.2) is 11.6 Å². The molecule has 0 spiro atoms. The molecule has 0 aliphatic heterocycles. The van der Waals surface area contributed by atoms with Gasteiger partial charge in [0.2, 0.25) is 0 Å². The van der Waals surface area contributed by atoms with Crippen LogP contribution < -0.4 is 5.73 Å². The highest BCUT2D eigenvalue weighted by atomic mass is 16.5. The predicted octanol–water partition coefficient (Wildman–Crippen LogP) is 2.73. The Bertz CT molecular complexity index is 233. The molecule has 1 aliphatic carbocycles. The van der Waals surface area contributed by atoms with Gasteiger partial charge in [-0.2, -0.15) is 0 Å². The summed E-state index contributed by atoms with van der Waals surface area (Å²) in [5, 5.41) is 0. The number of rotatable bonds is 4. The molecular formula is C13H25NO. The Labute approximate surface area is 93.9 Å². The minimum Gasteiger partial charge on any atom is -0.385 e. The summed E-state index contributed by atoms with van der Waals surface area (Å²) in [6.07, 6.45) is 5.66. The zero-order valence-electron chi connectivity index (χ0n) is 10.5. The smallest absolute Gasteiger partial charge is 0.0467 e. The second kappa shape index (κ2) is 5.13. The molecule has 0 radical (unpaired) electrons. The van der Waals surface area contributed by atoms with Gasteiger partial charge in [0.1, 0.15) is 0 Å². The van der Waals surface area contributed by atoms with Gasteiger partial charge in [0.05, 0.1) is 0 Å². The van der Waals surface area contributed by atoms with E-state index in [-0.39, 0.29) is 6.04 Å². The molecule has 2 N–H and O–H groups in total. The summed E-state index contributed by atoms with van der Waals surface area (Å²) >= 11 is 0. The van der Waals surface area contributed by atoms with Crippen LogP contribution >= 0.6 is 0 Å². The first kappa shape index (κ1) is 12.7. The SMILES string of the molecule is COCCC(C)C1=CC(N)CC(C)(C)C1. The number of ether oxygens (including phenoxy) is 1. The summed E-state index contributed by atoms with van der Waals surface area (Å²) in [5.74, 6) is 0.607. The van der Waals surface area contributed by atoms with E-state index in [2.05, 4.69) is 26.8 Å². The molecule has 0 heterocycles. The first-order chi connectivity index (χ1) is 6.94. The van der Waals surface area contributed by atoms with Crippen molar-refractivity contribution in [2.24, 2.45) is 17.1 Å². The van der Waals surface area contributed by atoms with E-state index in [1.807, 2.05) is 0 Å². The normalized spacial score (nSPS) is 27.3. The van der Waals surface area contributed by atoms with E-state index in [9.17, 15) is 0 Å². The molecule has 0 aromatic carbocycles. The third kappa shape index (κ3) is 3.96. The number of methoxy groups -OCH3 is 1. The van der Waals surface area contributed by atoms with Gasteiger partial charge in [0.25, 0.3) is 0 Å². The van der Waals surface area contributed by atoms with Crippen molar-refractivity contribution in [2.45, 2.75) is 46.1 Å². The molecule has 0 aromatic heterocycles. The maximum absolute atomic E-state index is 6.06. The quantitative estimate of drug-likeness (QED) is 0.726. The first-order valence-corrected chi connectivity index (χ1v) is 5.90. The van der Waals surface area contributed by atoms with Crippen LogP contribution in [0.2, 0.25) is 0 Å². The van der Waals surface area contributed by atoms with Crippen LogP contribution in [0, 0.1) is 11.3 Å². The van der Waals surface area contributed by atoms with Crippen LogP contribution in [-0.2, 0) is 4.74 Å². The largest absolute Gasteiger partial charge is 0.385 e. The molecule has 2 heteroatoms. The second-order valence-electron chi connectivity index (χ2n) is 5.63. The summed E-state index contributed by atoms with van der Waals surface area (Å²) in [6.45, 7) is 7.74. The van der Waals surface area contributed by atoms with E-state index >= 15 is 0 Å². The van der Waals surface area contributed by atoms with Gasteiger partial charge in [-0.1, -0.05) is 32.4 Å². The highest BCUT2D eigenvalue weighted by Crippen LogP contribution is 2.38. The molecule has 0 saturated carbocycles. The van der Waals surface area contributed by atoms with Gasteiger partial charge in [-0.15, -0.1) is 0 Å². The Balaban J connectivity index is 2.60. The Morgan fingerprint density at radius 1 is 1.60 bits per heavy atom. The molecule has 2 unspecified atom stereocenters. The maximum Gasteiger partial charge on any atom is 0.0467 e. The van der Waals surface area contributed by atoms with Crippen molar-refractivity contribution in [2.75, 3.05) is 13.7 Å². The lowest BCUT2D eigenvalue weighted by Crippen LogP contribution is -2.32. The van der Waals surface area contributed by atoms with Crippen molar-refractivity contribution >= 4 is 0 Å². The van der Waals surface area contributed by atoms with Crippen LogP contribution in [-0.4, -0.2) is 19.8 Å². The minimum absolute atomic E-state index is 0.244. The van der Waals surface area contributed by atoms with Crippen molar-refractivity contribution < 1.29 is 4.74 Å². The Morgan fingerprint density at radius 2 is 2.27 bits per heavy atom. The molecule has 2 nitrogen and oxygen atoms in total. The van der Waals surface area contributed by atoms with Crippen LogP contribution in [0.25, 0.3) is 0 Å². The highest BCUT2D eigenvalue weighted by molar-refractivity contribution is 5.16. The van der Waals surface area contributed by atoms with Gasteiger partial charge in [0.15, 0.2) is 0 Å². The Kier molecular flexibility index (Phi) is 4.35. The zero-order valence-corrected chi connectivity index (χ0v) is 10.5. The molecule has 2 atom stereocenters. The van der Waals surface area contributed by atoms with Crippen LogP contribution in [0.3, 0.4) is 0 Å². The fourth-order valence-corrected chi connectivity index (χ4v) is 2.47. The second-order valence-corrected chi connectivity index (χ2v) is 5.63. The van der Waals surface area contributed by atoms with Gasteiger partial charge in [-0.3, -0.25) is 0 Å². The summed E-state index contributed by atoms with van der Waals surface area (Å²) in [4.78, 5) is 0. The third-order valence-corrected chi connectivity index (χ3v) is 3.29. The molecule has 0 saturated heterocycles. The fourth-order valence-electron chi connectivity index (χ4n) is 2.47. The van der Waals surface area contributed by atoms with Gasteiger partial charge < -0.3 is 10.5 Å². The fraction of sp³-hybridized carbons (Fsp3) is 0.846. The average Bonchev–Trinajstić information content (AvgIpc) is 2.10. The molecule has 0 amide bonds. The topological polar surface area (TPSA) is 35.2 Å². The van der Waals surface area contributed by atoms with Crippen LogP contribution in [0.5, 0.6) is 0 Å². The summed E-state index contributed by atoms with van der Waals surface area (Å²) in [6, 6.07) is 0.244. The van der Waals surface area contributed by atoms with Crippen molar-refractivity contribution in [3.63, 3.8) is 0 Å². The molecule has 0 aromatic rings. The van der Waals surface area contributed by atoms with Gasteiger partial charge in [-0.05, 0) is 30.6 Å². The van der Waals surface area contributed by atoms with E-state index < -0.39 is 0 Å². The van der Waals surface area contributed by atoms with E-state index in [0.29, 0.717) is 11.3 Å². The molecule has 88 valence electrons. The van der Waals surface area contributed by atoms with Gasteiger partial charge in [-0.25, -0.2) is 0 Å². The highest BCUT2D eigenvalue weighted by Gasteiger charge is 2.28. The van der Waals surface area contributed by atoms with E-state index in [1.54, 1.807) is 7.11 Å². The standard InChI is InChI=1S/C13H25NO/c1-10(5-6-15-4)11-7-12(14)9-13(2,3)8-11/h7,10,12H,5-6,8-9,14H2,1-4H3. The number of hydrogen-bond acceptors (Lipinski definition) is 2. The van der Waals surface area contributed by atoms with Gasteiger partial charge in [0, 0.05) is 19.8 Å². The molecule has 1 rings (SSSR count). The minimum atomic E-state index is 0.244. The Morgan fingerprint density at radius 3 is 2.80 bits per heavy atom. The van der Waals surface area contributed by atoms with E-state index in [1.165, 1.54) is 12.0 Å². The summed E-state index contributed by atoms with van der Waals surface area (Å²) in [7, 11) is 1.76. The molecule has 1 aliphatic rings. The zero-order chi connectivity index (χ0) is 11.5. The summed E-state index contributed by atoms with van der Waals surface area (Å²) in [5.41, 5.74) is 7.95. The lowest BCUT2D eigenvalue weighted by molar-refractivity contribution is 0.181. The monoisotopic (exact) mass is 211 g/mol. The van der Waals surface area contributed by atoms with E-state index in [4.69, 9.17) is 10.5 Å². The Hall–Kier alpha value is -0.340. The number of hydrogen-bond donors (Lipinski definition) is 1. The van der Waals surface area contributed by atoms with Crippen molar-refractivity contribution in [1.82, 2.24) is 0 Å². The van der Waals surface area contributed by atoms with Crippen molar-refractivity contribution in [3.8, 4) is 0 Å². The summed E-state index contributed by atoms with van der Waals surface area (Å²) < 4.78 is 5.12. The van der Waals surface area contributed by atoms with Crippen LogP contribution in [0.1, 0.15) is 40.0 Å². The third-order valence-electron chi connectivity index (χ3n) is 3.29. The molecular weight excluding hydrogens is 186 g/mol. The molecule has 15 heavy (non-hydrogen) atoms. The molecule has 0 bridgehead atoms. The number of allylic oxidation sites excluding steroid dienone is 1. The van der Waals surface area contributed by atoms with Crippen molar-refractivity contribution in [3.05, 3.63) is 11.6 Å². The average molecular weight is 211 g/mol. The van der Waals surface area contributed by atoms with Gasteiger partial charge >= 0.3 is 0 Å². The predicted molar refractivity (Wildman–Crippen MR) is 64.7 cm³/mol. The lowest BCUT2D eigenvalue weighted by atomic mass is 9.72. The van der Waals surface area contributed by atoms with E-state index in [0.717, 1.165) is 19.4 Å². The van der Waals surface area contributed by atoms with Crippen LogP contribution in [0.4, 0.5) is 0 Å². The molecule has 0 fully saturated rings. The maximum atomic E-state index is 6.06. The first-order valence-electron chi connectivity index (χ1n) is 5.90. The van der Waals surface area contributed by atoms with Crippen molar-refractivity contribution in [1.29, 1.82) is 0 Å². The lowest BCUT2D eigenvalue weighted by Gasteiger charge is -2.35. The number of nitrogens with two attached hydrogens (primary N) is 1.